The predicted molar refractivity (Wildman–Crippen MR) is 111 cm³/mol. The first-order chi connectivity index (χ1) is 13.1. The van der Waals surface area contributed by atoms with Crippen molar-refractivity contribution in [3.63, 3.8) is 0 Å². The number of aryl methyl sites for hydroxylation is 1. The van der Waals surface area contributed by atoms with E-state index >= 15 is 0 Å². The van der Waals surface area contributed by atoms with Crippen molar-refractivity contribution in [1.82, 2.24) is 4.98 Å². The van der Waals surface area contributed by atoms with Gasteiger partial charge in [-0.25, -0.2) is 4.98 Å². The molecule has 0 saturated carbocycles. The lowest BCUT2D eigenvalue weighted by atomic mass is 10.1. The van der Waals surface area contributed by atoms with Crippen LogP contribution in [0.4, 0.5) is 21.5 Å². The van der Waals surface area contributed by atoms with Crippen LogP contribution < -0.4 is 4.90 Å². The molecule has 0 aliphatic heterocycles. The molecule has 1 aromatic heterocycles. The molecule has 0 radical (unpaired) electrons. The third kappa shape index (κ3) is 6.09. The number of anilines is 1. The summed E-state index contributed by atoms with van der Waals surface area (Å²) < 4.78 is 0. The van der Waals surface area contributed by atoms with Crippen LogP contribution in [0.1, 0.15) is 52.0 Å². The van der Waals surface area contributed by atoms with Gasteiger partial charge in [-0.1, -0.05) is 33.6 Å². The summed E-state index contributed by atoms with van der Waals surface area (Å²) in [5, 5.41) is 19.4. The Morgan fingerprint density at radius 2 is 1.85 bits per heavy atom. The zero-order chi connectivity index (χ0) is 19.6. The molecule has 0 N–H and O–H groups in total. The molecule has 0 amide bonds. The van der Waals surface area contributed by atoms with Gasteiger partial charge in [-0.3, -0.25) is 10.1 Å². The van der Waals surface area contributed by atoms with E-state index in [1.807, 2.05) is 6.07 Å². The van der Waals surface area contributed by atoms with Crippen LogP contribution in [-0.2, 0) is 6.42 Å². The molecule has 2 aromatic rings. The van der Waals surface area contributed by atoms with Crippen LogP contribution in [0.25, 0.3) is 0 Å². The minimum absolute atomic E-state index is 0.0301. The van der Waals surface area contributed by atoms with Crippen molar-refractivity contribution < 1.29 is 4.92 Å². The quantitative estimate of drug-likeness (QED) is 0.251. The topological polar surface area (TPSA) is 84.0 Å². The van der Waals surface area contributed by atoms with E-state index < -0.39 is 4.92 Å². The summed E-state index contributed by atoms with van der Waals surface area (Å²) in [4.78, 5) is 16.6. The van der Waals surface area contributed by atoms with E-state index in [0.717, 1.165) is 42.1 Å². The summed E-state index contributed by atoms with van der Waals surface area (Å²) in [5.41, 5.74) is 3.11. The van der Waals surface area contributed by atoms with Crippen molar-refractivity contribution in [3.8, 4) is 0 Å². The SMILES string of the molecule is CCCCN(CCCC)c1ccc(N=Nc2ncc([N+](=O)[O-])s2)c(CC)c1. The molecule has 0 spiro atoms. The van der Waals surface area contributed by atoms with E-state index in [1.54, 1.807) is 0 Å². The van der Waals surface area contributed by atoms with Gasteiger partial charge in [-0.05, 0) is 54.4 Å². The molecule has 0 aliphatic rings. The van der Waals surface area contributed by atoms with Crippen molar-refractivity contribution in [2.45, 2.75) is 52.9 Å². The Morgan fingerprint density at radius 3 is 2.41 bits per heavy atom. The number of benzene rings is 1. The molecule has 0 aliphatic carbocycles. The highest BCUT2D eigenvalue weighted by atomic mass is 32.1. The van der Waals surface area contributed by atoms with Gasteiger partial charge >= 0.3 is 5.00 Å². The van der Waals surface area contributed by atoms with E-state index in [9.17, 15) is 10.1 Å². The summed E-state index contributed by atoms with van der Waals surface area (Å²) in [6.45, 7) is 8.63. The molecule has 1 aromatic carbocycles. The van der Waals surface area contributed by atoms with Gasteiger partial charge in [-0.2, -0.15) is 0 Å². The van der Waals surface area contributed by atoms with E-state index in [0.29, 0.717) is 5.13 Å². The number of aromatic nitrogens is 1. The molecule has 1 heterocycles. The lowest BCUT2D eigenvalue weighted by Gasteiger charge is -2.25. The molecule has 0 unspecified atom stereocenters. The maximum atomic E-state index is 10.7. The monoisotopic (exact) mass is 389 g/mol. The van der Waals surface area contributed by atoms with Crippen molar-refractivity contribution in [1.29, 1.82) is 0 Å². The third-order valence-corrected chi connectivity index (χ3v) is 5.11. The van der Waals surface area contributed by atoms with E-state index in [2.05, 4.69) is 53.0 Å². The van der Waals surface area contributed by atoms with Crippen LogP contribution in [0.3, 0.4) is 0 Å². The Labute approximate surface area is 164 Å². The summed E-state index contributed by atoms with van der Waals surface area (Å²) in [7, 11) is 0. The lowest BCUT2D eigenvalue weighted by Crippen LogP contribution is -2.25. The second-order valence-corrected chi connectivity index (χ2v) is 7.29. The van der Waals surface area contributed by atoms with Crippen molar-refractivity contribution >= 4 is 32.8 Å². The zero-order valence-electron chi connectivity index (χ0n) is 16.2. The molecular weight excluding hydrogens is 362 g/mol. The van der Waals surface area contributed by atoms with E-state index in [-0.39, 0.29) is 5.00 Å². The minimum atomic E-state index is -0.468. The first kappa shape index (κ1) is 21.0. The predicted octanol–water partition coefficient (Wildman–Crippen LogP) is 6.44. The fourth-order valence-corrected chi connectivity index (χ4v) is 3.26. The molecule has 27 heavy (non-hydrogen) atoms. The van der Waals surface area contributed by atoms with E-state index in [4.69, 9.17) is 0 Å². The normalized spacial score (nSPS) is 11.2. The highest BCUT2D eigenvalue weighted by Crippen LogP contribution is 2.31. The minimum Gasteiger partial charge on any atom is -0.372 e. The Bertz CT molecular complexity index is 767. The number of nitro groups is 1. The number of rotatable bonds is 11. The standard InChI is InChI=1S/C19H27N5O2S/c1-4-7-11-23(12-8-5-2)16-9-10-17(15(6-3)13-16)21-22-19-20-14-18(27-19)24(25)26/h9-10,13-14H,4-8,11-12H2,1-3H3. The second kappa shape index (κ2) is 10.7. The molecule has 0 atom stereocenters. The maximum absolute atomic E-state index is 10.7. The summed E-state index contributed by atoms with van der Waals surface area (Å²) in [6.07, 6.45) is 6.76. The number of hydrogen-bond acceptors (Lipinski definition) is 7. The Hall–Kier alpha value is -2.35. The van der Waals surface area contributed by atoms with Crippen molar-refractivity contribution in [2.75, 3.05) is 18.0 Å². The number of unbranched alkanes of at least 4 members (excludes halogenated alkanes) is 2. The van der Waals surface area contributed by atoms with Gasteiger partial charge in [-0.15, -0.1) is 10.2 Å². The first-order valence-electron chi connectivity index (χ1n) is 9.48. The van der Waals surface area contributed by atoms with Crippen molar-refractivity contribution in [3.05, 3.63) is 40.1 Å². The second-order valence-electron chi connectivity index (χ2n) is 6.30. The average molecular weight is 390 g/mol. The van der Waals surface area contributed by atoms with E-state index in [1.165, 1.54) is 37.6 Å². The maximum Gasteiger partial charge on any atom is 0.345 e. The van der Waals surface area contributed by atoms with Crippen molar-refractivity contribution in [2.24, 2.45) is 10.2 Å². The Balaban J connectivity index is 2.20. The number of hydrogen-bond donors (Lipinski definition) is 0. The molecular formula is C19H27N5O2S. The largest absolute Gasteiger partial charge is 0.372 e. The van der Waals surface area contributed by atoms with Gasteiger partial charge in [0, 0.05) is 18.8 Å². The molecule has 0 saturated heterocycles. The van der Waals surface area contributed by atoms with Crippen LogP contribution in [-0.4, -0.2) is 23.0 Å². The van der Waals surface area contributed by atoms with Gasteiger partial charge in [0.25, 0.3) is 0 Å². The molecule has 7 nitrogen and oxygen atoms in total. The third-order valence-electron chi connectivity index (χ3n) is 4.28. The smallest absolute Gasteiger partial charge is 0.345 e. The van der Waals surface area contributed by atoms with Crippen LogP contribution in [0.5, 0.6) is 0 Å². The van der Waals surface area contributed by atoms with Crippen LogP contribution in [0.2, 0.25) is 0 Å². The fourth-order valence-electron chi connectivity index (χ4n) is 2.70. The van der Waals surface area contributed by atoms with Crippen LogP contribution in [0.15, 0.2) is 34.6 Å². The molecule has 0 bridgehead atoms. The highest BCUT2D eigenvalue weighted by Gasteiger charge is 2.12. The van der Waals surface area contributed by atoms with Gasteiger partial charge in [0.2, 0.25) is 5.13 Å². The van der Waals surface area contributed by atoms with Gasteiger partial charge in [0.15, 0.2) is 0 Å². The first-order valence-corrected chi connectivity index (χ1v) is 10.3. The fraction of sp³-hybridized carbons (Fsp3) is 0.526. The number of thiazole rings is 1. The average Bonchev–Trinajstić information content (AvgIpc) is 3.16. The van der Waals surface area contributed by atoms with Gasteiger partial charge in [0.1, 0.15) is 6.20 Å². The summed E-state index contributed by atoms with van der Waals surface area (Å²) in [6, 6.07) is 6.25. The zero-order valence-corrected chi connectivity index (χ0v) is 17.0. The van der Waals surface area contributed by atoms with Crippen LogP contribution >= 0.6 is 11.3 Å². The Kier molecular flexibility index (Phi) is 8.32. The molecule has 0 fully saturated rings. The van der Waals surface area contributed by atoms with Gasteiger partial charge < -0.3 is 4.90 Å². The van der Waals surface area contributed by atoms with Crippen LogP contribution in [0, 0.1) is 10.1 Å². The molecule has 8 heteroatoms. The summed E-state index contributed by atoms with van der Waals surface area (Å²) >= 11 is 0.921. The number of nitrogens with zero attached hydrogens (tertiary/aromatic N) is 5. The lowest BCUT2D eigenvalue weighted by molar-refractivity contribution is -0.380. The molecule has 146 valence electrons. The molecule has 2 rings (SSSR count). The summed E-state index contributed by atoms with van der Waals surface area (Å²) in [5.74, 6) is 0. The Morgan fingerprint density at radius 1 is 1.15 bits per heavy atom. The number of azo groups is 1. The highest BCUT2D eigenvalue weighted by molar-refractivity contribution is 7.18. The van der Waals surface area contributed by atoms with Gasteiger partial charge in [0.05, 0.1) is 10.6 Å².